The number of amides is 1. The average Bonchev–Trinajstić information content (AvgIpc) is 2.60. The minimum absolute atomic E-state index is 0.118. The van der Waals surface area contributed by atoms with Crippen molar-refractivity contribution in [2.75, 3.05) is 21.3 Å². The van der Waals surface area contributed by atoms with Gasteiger partial charge in [-0.1, -0.05) is 17.7 Å². The monoisotopic (exact) mass is 329 g/mol. The summed E-state index contributed by atoms with van der Waals surface area (Å²) in [6.07, 6.45) is 0. The van der Waals surface area contributed by atoms with Crippen LogP contribution in [0.2, 0.25) is 0 Å². The molecule has 24 heavy (non-hydrogen) atoms. The molecule has 2 aromatic rings. The minimum Gasteiger partial charge on any atom is -0.496 e. The first kappa shape index (κ1) is 17.7. The third-order valence-corrected chi connectivity index (χ3v) is 3.86. The summed E-state index contributed by atoms with van der Waals surface area (Å²) in [6.45, 7) is 4.22. The Labute approximate surface area is 142 Å². The first-order valence-corrected chi connectivity index (χ1v) is 7.64. The lowest BCUT2D eigenvalue weighted by atomic mass is 10.0. The summed E-state index contributed by atoms with van der Waals surface area (Å²) < 4.78 is 16.0. The molecular weight excluding hydrogens is 306 g/mol. The van der Waals surface area contributed by atoms with E-state index in [2.05, 4.69) is 5.32 Å². The Balaban J connectivity index is 2.22. The highest BCUT2D eigenvalue weighted by Crippen LogP contribution is 2.34. The van der Waals surface area contributed by atoms with Crippen LogP contribution >= 0.6 is 0 Å². The molecule has 0 bridgehead atoms. The van der Waals surface area contributed by atoms with E-state index < -0.39 is 0 Å². The molecule has 0 aliphatic heterocycles. The third-order valence-electron chi connectivity index (χ3n) is 3.86. The van der Waals surface area contributed by atoms with Gasteiger partial charge in [0.1, 0.15) is 5.75 Å². The SMILES string of the molecule is COc1cc(OC)c(OC)cc1CNC(=O)c1cc(C)ccc1C. The number of ether oxygens (including phenoxy) is 3. The predicted molar refractivity (Wildman–Crippen MR) is 93.2 cm³/mol. The molecule has 0 aliphatic carbocycles. The van der Waals surface area contributed by atoms with Crippen molar-refractivity contribution in [3.05, 3.63) is 52.6 Å². The zero-order valence-electron chi connectivity index (χ0n) is 14.7. The zero-order chi connectivity index (χ0) is 17.7. The van der Waals surface area contributed by atoms with Crippen LogP contribution in [0.4, 0.5) is 0 Å². The van der Waals surface area contributed by atoms with Crippen LogP contribution in [0.3, 0.4) is 0 Å². The number of rotatable bonds is 6. The van der Waals surface area contributed by atoms with E-state index in [9.17, 15) is 4.79 Å². The molecule has 0 saturated heterocycles. The van der Waals surface area contributed by atoms with E-state index in [1.807, 2.05) is 32.0 Å². The van der Waals surface area contributed by atoms with Gasteiger partial charge in [-0.2, -0.15) is 0 Å². The van der Waals surface area contributed by atoms with Crippen molar-refractivity contribution in [1.82, 2.24) is 5.32 Å². The largest absolute Gasteiger partial charge is 0.496 e. The van der Waals surface area contributed by atoms with Crippen LogP contribution in [0.25, 0.3) is 0 Å². The van der Waals surface area contributed by atoms with Gasteiger partial charge in [0.2, 0.25) is 0 Å². The normalized spacial score (nSPS) is 10.2. The molecule has 0 unspecified atom stereocenters. The van der Waals surface area contributed by atoms with Crippen LogP contribution in [0.15, 0.2) is 30.3 Å². The van der Waals surface area contributed by atoms with E-state index in [4.69, 9.17) is 14.2 Å². The Morgan fingerprint density at radius 1 is 0.917 bits per heavy atom. The maximum atomic E-state index is 12.5. The molecular formula is C19H23NO4. The number of hydrogen-bond donors (Lipinski definition) is 1. The fourth-order valence-corrected chi connectivity index (χ4v) is 2.48. The van der Waals surface area contributed by atoms with Gasteiger partial charge in [-0.3, -0.25) is 4.79 Å². The summed E-state index contributed by atoms with van der Waals surface area (Å²) in [6, 6.07) is 9.38. The van der Waals surface area contributed by atoms with Crippen molar-refractivity contribution in [3.63, 3.8) is 0 Å². The first-order valence-electron chi connectivity index (χ1n) is 7.64. The number of carbonyl (C=O) groups excluding carboxylic acids is 1. The second kappa shape index (κ2) is 7.73. The number of aryl methyl sites for hydroxylation is 2. The average molecular weight is 329 g/mol. The van der Waals surface area contributed by atoms with E-state index >= 15 is 0 Å². The predicted octanol–water partition coefficient (Wildman–Crippen LogP) is 3.26. The van der Waals surface area contributed by atoms with Gasteiger partial charge >= 0.3 is 0 Å². The second-order valence-corrected chi connectivity index (χ2v) is 5.52. The van der Waals surface area contributed by atoms with Gasteiger partial charge in [0.15, 0.2) is 11.5 Å². The number of carbonyl (C=O) groups is 1. The van der Waals surface area contributed by atoms with Crippen molar-refractivity contribution in [1.29, 1.82) is 0 Å². The molecule has 2 rings (SSSR count). The number of benzene rings is 2. The van der Waals surface area contributed by atoms with Crippen molar-refractivity contribution in [2.45, 2.75) is 20.4 Å². The molecule has 0 saturated carbocycles. The standard InChI is InChI=1S/C19H23NO4/c1-12-6-7-13(2)15(8-12)19(21)20-11-14-9-17(23-4)18(24-5)10-16(14)22-3/h6-10H,11H2,1-5H3,(H,20,21). The molecule has 5 nitrogen and oxygen atoms in total. The molecule has 0 heterocycles. The molecule has 128 valence electrons. The summed E-state index contributed by atoms with van der Waals surface area (Å²) in [7, 11) is 4.72. The van der Waals surface area contributed by atoms with E-state index in [1.54, 1.807) is 33.5 Å². The molecule has 1 amide bonds. The number of hydrogen-bond acceptors (Lipinski definition) is 4. The minimum atomic E-state index is -0.118. The Morgan fingerprint density at radius 3 is 2.17 bits per heavy atom. The summed E-state index contributed by atoms with van der Waals surface area (Å²) in [5.74, 6) is 1.69. The van der Waals surface area contributed by atoms with Crippen molar-refractivity contribution >= 4 is 5.91 Å². The molecule has 0 radical (unpaired) electrons. The van der Waals surface area contributed by atoms with Crippen LogP contribution in [0.1, 0.15) is 27.0 Å². The highest BCUT2D eigenvalue weighted by Gasteiger charge is 2.14. The van der Waals surface area contributed by atoms with Gasteiger partial charge in [0.25, 0.3) is 5.91 Å². The van der Waals surface area contributed by atoms with E-state index in [0.29, 0.717) is 29.4 Å². The fraction of sp³-hybridized carbons (Fsp3) is 0.316. The van der Waals surface area contributed by atoms with Crippen LogP contribution < -0.4 is 19.5 Å². The molecule has 0 aromatic heterocycles. The van der Waals surface area contributed by atoms with Crippen LogP contribution in [-0.2, 0) is 6.54 Å². The van der Waals surface area contributed by atoms with Crippen molar-refractivity contribution in [2.24, 2.45) is 0 Å². The lowest BCUT2D eigenvalue weighted by molar-refractivity contribution is 0.0950. The lowest BCUT2D eigenvalue weighted by Crippen LogP contribution is -2.24. The molecule has 1 N–H and O–H groups in total. The molecule has 2 aromatic carbocycles. The van der Waals surface area contributed by atoms with Crippen molar-refractivity contribution in [3.8, 4) is 17.2 Å². The van der Waals surface area contributed by atoms with Crippen molar-refractivity contribution < 1.29 is 19.0 Å². The summed E-state index contributed by atoms with van der Waals surface area (Å²) in [4.78, 5) is 12.5. The molecule has 5 heteroatoms. The van der Waals surface area contributed by atoms with Gasteiger partial charge in [-0.15, -0.1) is 0 Å². The van der Waals surface area contributed by atoms with E-state index in [0.717, 1.165) is 16.7 Å². The van der Waals surface area contributed by atoms with E-state index in [1.165, 1.54) is 0 Å². The Bertz CT molecular complexity index is 740. The fourth-order valence-electron chi connectivity index (χ4n) is 2.48. The van der Waals surface area contributed by atoms with Crippen LogP contribution in [0, 0.1) is 13.8 Å². The van der Waals surface area contributed by atoms with Crippen LogP contribution in [0.5, 0.6) is 17.2 Å². The molecule has 0 fully saturated rings. The van der Waals surface area contributed by atoms with Gasteiger partial charge < -0.3 is 19.5 Å². The van der Waals surface area contributed by atoms with Gasteiger partial charge in [0.05, 0.1) is 21.3 Å². The maximum Gasteiger partial charge on any atom is 0.251 e. The highest BCUT2D eigenvalue weighted by molar-refractivity contribution is 5.95. The smallest absolute Gasteiger partial charge is 0.251 e. The van der Waals surface area contributed by atoms with Gasteiger partial charge in [-0.25, -0.2) is 0 Å². The Kier molecular flexibility index (Phi) is 5.68. The zero-order valence-corrected chi connectivity index (χ0v) is 14.7. The second-order valence-electron chi connectivity index (χ2n) is 5.52. The molecule has 0 aliphatic rings. The Hall–Kier alpha value is -2.69. The molecule has 0 atom stereocenters. The Morgan fingerprint density at radius 2 is 1.54 bits per heavy atom. The third kappa shape index (κ3) is 3.79. The summed E-state index contributed by atoms with van der Waals surface area (Å²) in [5, 5.41) is 2.93. The quantitative estimate of drug-likeness (QED) is 0.884. The number of nitrogens with one attached hydrogen (secondary N) is 1. The van der Waals surface area contributed by atoms with Crippen LogP contribution in [-0.4, -0.2) is 27.2 Å². The maximum absolute atomic E-state index is 12.5. The van der Waals surface area contributed by atoms with Gasteiger partial charge in [-0.05, 0) is 31.5 Å². The van der Waals surface area contributed by atoms with E-state index in [-0.39, 0.29) is 5.91 Å². The van der Waals surface area contributed by atoms with Gasteiger partial charge in [0, 0.05) is 23.7 Å². The topological polar surface area (TPSA) is 56.8 Å². The first-order chi connectivity index (χ1) is 11.5. The highest BCUT2D eigenvalue weighted by atomic mass is 16.5. The molecule has 0 spiro atoms. The summed E-state index contributed by atoms with van der Waals surface area (Å²) in [5.41, 5.74) is 3.48. The number of methoxy groups -OCH3 is 3. The lowest BCUT2D eigenvalue weighted by Gasteiger charge is -2.15. The summed E-state index contributed by atoms with van der Waals surface area (Å²) >= 11 is 0.